The number of amides is 2. The molecule has 1 aromatic heterocycles. The van der Waals surface area contributed by atoms with Crippen LogP contribution in [-0.4, -0.2) is 58.8 Å². The molecule has 0 radical (unpaired) electrons. The summed E-state index contributed by atoms with van der Waals surface area (Å²) >= 11 is 0. The van der Waals surface area contributed by atoms with E-state index in [2.05, 4.69) is 15.2 Å². The van der Waals surface area contributed by atoms with Gasteiger partial charge in [0.15, 0.2) is 0 Å². The van der Waals surface area contributed by atoms with Gasteiger partial charge in [0.1, 0.15) is 0 Å². The fourth-order valence-corrected chi connectivity index (χ4v) is 4.09. The Morgan fingerprint density at radius 3 is 2.73 bits per heavy atom. The average Bonchev–Trinajstić information content (AvgIpc) is 2.72. The number of rotatable bonds is 5. The summed E-state index contributed by atoms with van der Waals surface area (Å²) in [5, 5.41) is 3.06. The van der Waals surface area contributed by atoms with Gasteiger partial charge in [-0.05, 0) is 43.9 Å². The van der Waals surface area contributed by atoms with Gasteiger partial charge in [-0.1, -0.05) is 13.0 Å². The highest BCUT2D eigenvalue weighted by molar-refractivity contribution is 5.79. The van der Waals surface area contributed by atoms with Crippen molar-refractivity contribution in [2.75, 3.05) is 26.2 Å². The largest absolute Gasteiger partial charge is 0.352 e. The number of pyridine rings is 1. The number of carbonyl (C=O) groups excluding carboxylic acids is 2. The Balaban J connectivity index is 1.46. The first-order valence-corrected chi connectivity index (χ1v) is 9.85. The van der Waals surface area contributed by atoms with Crippen LogP contribution >= 0.6 is 0 Å². The Kier molecular flexibility index (Phi) is 6.61. The zero-order valence-electron chi connectivity index (χ0n) is 15.7. The van der Waals surface area contributed by atoms with Gasteiger partial charge in [0.05, 0.1) is 5.92 Å². The van der Waals surface area contributed by atoms with Crippen LogP contribution in [0.15, 0.2) is 24.5 Å². The summed E-state index contributed by atoms with van der Waals surface area (Å²) in [5.74, 6) is 0.475. The number of piperidine rings is 2. The molecule has 2 amide bonds. The van der Waals surface area contributed by atoms with Crippen LogP contribution in [0.25, 0.3) is 0 Å². The summed E-state index contributed by atoms with van der Waals surface area (Å²) in [5.41, 5.74) is 1.03. The zero-order chi connectivity index (χ0) is 18.4. The van der Waals surface area contributed by atoms with E-state index >= 15 is 0 Å². The molecule has 0 spiro atoms. The number of hydrogen-bond acceptors (Lipinski definition) is 4. The van der Waals surface area contributed by atoms with E-state index < -0.39 is 0 Å². The molecule has 6 nitrogen and oxygen atoms in total. The summed E-state index contributed by atoms with van der Waals surface area (Å²) in [6.07, 6.45) is 8.20. The minimum atomic E-state index is 0.0655. The summed E-state index contributed by atoms with van der Waals surface area (Å²) in [7, 11) is 0. The third-order valence-corrected chi connectivity index (χ3v) is 5.65. The Labute approximate surface area is 156 Å². The maximum atomic E-state index is 12.6. The minimum absolute atomic E-state index is 0.0655. The molecule has 0 saturated carbocycles. The molecule has 1 aromatic rings. The standard InChI is InChI=1S/C20H30N4O2/c1-2-19(25)23-11-7-18(8-12-23)24-10-4-6-17(15-24)20(26)22-14-16-5-3-9-21-13-16/h3,5,9,13,17-18H,2,4,6-8,10-12,14-15H2,1H3,(H,22,26)/t17-/m0/s1. The predicted octanol–water partition coefficient (Wildman–Crippen LogP) is 1.81. The van der Waals surface area contributed by atoms with Gasteiger partial charge in [-0.3, -0.25) is 19.5 Å². The molecule has 6 heteroatoms. The van der Waals surface area contributed by atoms with Crippen LogP contribution in [0.2, 0.25) is 0 Å². The Morgan fingerprint density at radius 2 is 2.04 bits per heavy atom. The lowest BCUT2D eigenvalue weighted by molar-refractivity contribution is -0.132. The van der Waals surface area contributed by atoms with Crippen molar-refractivity contribution in [2.24, 2.45) is 5.92 Å². The maximum absolute atomic E-state index is 12.6. The Hall–Kier alpha value is -1.95. The van der Waals surface area contributed by atoms with Gasteiger partial charge in [0.25, 0.3) is 0 Å². The normalized spacial score (nSPS) is 22.2. The highest BCUT2D eigenvalue weighted by atomic mass is 16.2. The second-order valence-corrected chi connectivity index (χ2v) is 7.38. The van der Waals surface area contributed by atoms with Crippen LogP contribution < -0.4 is 5.32 Å². The third-order valence-electron chi connectivity index (χ3n) is 5.65. The molecule has 2 aliphatic heterocycles. The number of hydrogen-bond donors (Lipinski definition) is 1. The number of nitrogens with one attached hydrogen (secondary N) is 1. The zero-order valence-corrected chi connectivity index (χ0v) is 15.7. The summed E-state index contributed by atoms with van der Waals surface area (Å²) in [6.45, 7) is 6.08. The molecule has 2 saturated heterocycles. The molecule has 3 heterocycles. The molecule has 2 fully saturated rings. The van der Waals surface area contributed by atoms with Crippen molar-refractivity contribution in [3.8, 4) is 0 Å². The van der Waals surface area contributed by atoms with Crippen LogP contribution in [0.3, 0.4) is 0 Å². The molecule has 26 heavy (non-hydrogen) atoms. The van der Waals surface area contributed by atoms with Gasteiger partial charge in [-0.25, -0.2) is 0 Å². The van der Waals surface area contributed by atoms with Crippen LogP contribution in [-0.2, 0) is 16.1 Å². The molecule has 142 valence electrons. The first-order valence-electron chi connectivity index (χ1n) is 9.85. The number of carbonyl (C=O) groups is 2. The van der Waals surface area contributed by atoms with Gasteiger partial charge in [-0.15, -0.1) is 0 Å². The van der Waals surface area contributed by atoms with Crippen molar-refractivity contribution < 1.29 is 9.59 Å². The quantitative estimate of drug-likeness (QED) is 0.872. The van der Waals surface area contributed by atoms with E-state index in [1.54, 1.807) is 12.4 Å². The van der Waals surface area contributed by atoms with E-state index in [4.69, 9.17) is 0 Å². The average molecular weight is 358 g/mol. The molecular weight excluding hydrogens is 328 g/mol. The van der Waals surface area contributed by atoms with E-state index in [1.807, 2.05) is 24.0 Å². The third kappa shape index (κ3) is 4.81. The molecule has 1 atom stereocenters. The van der Waals surface area contributed by atoms with E-state index in [9.17, 15) is 9.59 Å². The number of nitrogens with zero attached hydrogens (tertiary/aromatic N) is 3. The molecule has 2 aliphatic rings. The van der Waals surface area contributed by atoms with Crippen molar-refractivity contribution in [1.29, 1.82) is 0 Å². The highest BCUT2D eigenvalue weighted by Gasteiger charge is 2.32. The van der Waals surface area contributed by atoms with Crippen molar-refractivity contribution in [2.45, 2.75) is 51.6 Å². The molecular formula is C20H30N4O2. The molecule has 0 unspecified atom stereocenters. The summed E-state index contributed by atoms with van der Waals surface area (Å²) < 4.78 is 0. The fraction of sp³-hybridized carbons (Fsp3) is 0.650. The van der Waals surface area contributed by atoms with Crippen LogP contribution in [0.4, 0.5) is 0 Å². The Morgan fingerprint density at radius 1 is 1.23 bits per heavy atom. The van der Waals surface area contributed by atoms with Crippen LogP contribution in [0.1, 0.15) is 44.6 Å². The molecule has 0 aromatic carbocycles. The van der Waals surface area contributed by atoms with E-state index in [1.165, 1.54) is 0 Å². The number of likely N-dealkylation sites (tertiary alicyclic amines) is 2. The van der Waals surface area contributed by atoms with E-state index in [0.29, 0.717) is 19.0 Å². The number of aromatic nitrogens is 1. The van der Waals surface area contributed by atoms with Gasteiger partial charge in [0, 0.05) is 51.0 Å². The summed E-state index contributed by atoms with van der Waals surface area (Å²) in [4.78, 5) is 33.0. The lowest BCUT2D eigenvalue weighted by Crippen LogP contribution is -2.51. The highest BCUT2D eigenvalue weighted by Crippen LogP contribution is 2.24. The van der Waals surface area contributed by atoms with Crippen molar-refractivity contribution in [3.63, 3.8) is 0 Å². The van der Waals surface area contributed by atoms with Gasteiger partial charge < -0.3 is 10.2 Å². The van der Waals surface area contributed by atoms with Crippen molar-refractivity contribution in [3.05, 3.63) is 30.1 Å². The van der Waals surface area contributed by atoms with Gasteiger partial charge >= 0.3 is 0 Å². The molecule has 0 bridgehead atoms. The minimum Gasteiger partial charge on any atom is -0.352 e. The second-order valence-electron chi connectivity index (χ2n) is 7.38. The maximum Gasteiger partial charge on any atom is 0.224 e. The molecule has 3 rings (SSSR count). The first kappa shape index (κ1) is 18.8. The predicted molar refractivity (Wildman–Crippen MR) is 100 cm³/mol. The van der Waals surface area contributed by atoms with Crippen LogP contribution in [0.5, 0.6) is 0 Å². The SMILES string of the molecule is CCC(=O)N1CCC(N2CCC[C@H](C(=O)NCc3cccnc3)C2)CC1. The van der Waals surface area contributed by atoms with Crippen molar-refractivity contribution in [1.82, 2.24) is 20.1 Å². The topological polar surface area (TPSA) is 65.5 Å². The Bertz CT molecular complexity index is 599. The molecule has 1 N–H and O–H groups in total. The van der Waals surface area contributed by atoms with Gasteiger partial charge in [-0.2, -0.15) is 0 Å². The smallest absolute Gasteiger partial charge is 0.224 e. The van der Waals surface area contributed by atoms with E-state index in [-0.39, 0.29) is 17.7 Å². The monoisotopic (exact) mass is 358 g/mol. The molecule has 0 aliphatic carbocycles. The van der Waals surface area contributed by atoms with Crippen molar-refractivity contribution >= 4 is 11.8 Å². The first-order chi connectivity index (χ1) is 12.7. The van der Waals surface area contributed by atoms with E-state index in [0.717, 1.165) is 57.4 Å². The van der Waals surface area contributed by atoms with Crippen LogP contribution in [0, 0.1) is 5.92 Å². The van der Waals surface area contributed by atoms with Gasteiger partial charge in [0.2, 0.25) is 11.8 Å². The lowest BCUT2D eigenvalue weighted by atomic mass is 9.93. The second kappa shape index (κ2) is 9.12. The fourth-order valence-electron chi connectivity index (χ4n) is 4.09. The lowest BCUT2D eigenvalue weighted by Gasteiger charge is -2.42. The summed E-state index contributed by atoms with van der Waals surface area (Å²) in [6, 6.07) is 4.37.